The zero-order valence-corrected chi connectivity index (χ0v) is 10.0. The summed E-state index contributed by atoms with van der Waals surface area (Å²) in [5, 5.41) is 3.72. The number of nitrogens with zero attached hydrogens (tertiary/aromatic N) is 3. The molecule has 1 aliphatic rings. The Morgan fingerprint density at radius 3 is 2.72 bits per heavy atom. The van der Waals surface area contributed by atoms with Crippen LogP contribution in [0.15, 0.2) is 35.4 Å². The third-order valence-electron chi connectivity index (χ3n) is 3.14. The average molecular weight is 245 g/mol. The molecule has 0 bridgehead atoms. The van der Waals surface area contributed by atoms with Crippen molar-refractivity contribution >= 4 is 5.97 Å². The molecular weight excluding hydrogens is 230 g/mol. The maximum absolute atomic E-state index is 11.9. The van der Waals surface area contributed by atoms with Crippen LogP contribution in [0.1, 0.15) is 36.0 Å². The zero-order valence-electron chi connectivity index (χ0n) is 10.0. The minimum absolute atomic E-state index is 0.226. The van der Waals surface area contributed by atoms with Crippen LogP contribution in [-0.2, 0) is 4.74 Å². The van der Waals surface area contributed by atoms with Gasteiger partial charge in [-0.05, 0) is 36.9 Å². The first-order chi connectivity index (χ1) is 8.81. The van der Waals surface area contributed by atoms with E-state index in [0.717, 1.165) is 25.7 Å². The van der Waals surface area contributed by atoms with Crippen LogP contribution in [0.2, 0.25) is 0 Å². The first-order valence-corrected chi connectivity index (χ1v) is 6.11. The van der Waals surface area contributed by atoms with Crippen LogP contribution in [0.4, 0.5) is 0 Å². The molecule has 5 heteroatoms. The number of ether oxygens (including phenoxy) is 1. The summed E-state index contributed by atoms with van der Waals surface area (Å²) in [6.07, 6.45) is 3.29. The highest BCUT2D eigenvalue weighted by atomic mass is 16.5. The van der Waals surface area contributed by atoms with E-state index in [1.165, 1.54) is 0 Å². The number of azide groups is 1. The van der Waals surface area contributed by atoms with Gasteiger partial charge >= 0.3 is 5.97 Å². The predicted octanol–water partition coefficient (Wildman–Crippen LogP) is 3.46. The molecule has 0 unspecified atom stereocenters. The fourth-order valence-corrected chi connectivity index (χ4v) is 2.19. The van der Waals surface area contributed by atoms with Gasteiger partial charge in [-0.2, -0.15) is 0 Å². The molecule has 1 aromatic rings. The Morgan fingerprint density at radius 1 is 1.28 bits per heavy atom. The number of carbonyl (C=O) groups excluding carboxylic acids is 1. The molecule has 0 spiro atoms. The van der Waals surface area contributed by atoms with Gasteiger partial charge in [-0.1, -0.05) is 29.7 Å². The van der Waals surface area contributed by atoms with E-state index in [0.29, 0.717) is 5.56 Å². The smallest absolute Gasteiger partial charge is 0.338 e. The second kappa shape index (κ2) is 6.07. The summed E-state index contributed by atoms with van der Waals surface area (Å²) in [6, 6.07) is 8.64. The van der Waals surface area contributed by atoms with Crippen molar-refractivity contribution in [1.82, 2.24) is 0 Å². The highest BCUT2D eigenvalue weighted by molar-refractivity contribution is 5.89. The number of carbonyl (C=O) groups is 1. The second-order valence-electron chi connectivity index (χ2n) is 4.37. The van der Waals surface area contributed by atoms with Gasteiger partial charge in [0.25, 0.3) is 0 Å². The molecule has 2 atom stereocenters. The highest BCUT2D eigenvalue weighted by Gasteiger charge is 2.27. The standard InChI is InChI=1S/C13H15N3O2/c14-16-15-11-8-4-5-9-12(11)18-13(17)10-6-2-1-3-7-10/h1-3,6-7,11-12H,4-5,8-9H2/t11-,12-/m1/s1. The predicted molar refractivity (Wildman–Crippen MR) is 67.0 cm³/mol. The normalized spacial score (nSPS) is 22.9. The van der Waals surface area contributed by atoms with E-state index < -0.39 is 0 Å². The van der Waals surface area contributed by atoms with Gasteiger partial charge in [0.1, 0.15) is 6.10 Å². The van der Waals surface area contributed by atoms with Crippen molar-refractivity contribution in [3.63, 3.8) is 0 Å². The minimum Gasteiger partial charge on any atom is -0.458 e. The van der Waals surface area contributed by atoms with Gasteiger partial charge < -0.3 is 4.74 Å². The first kappa shape index (κ1) is 12.5. The van der Waals surface area contributed by atoms with Crippen molar-refractivity contribution < 1.29 is 9.53 Å². The van der Waals surface area contributed by atoms with Gasteiger partial charge in [0, 0.05) is 4.91 Å². The average Bonchev–Trinajstić information content (AvgIpc) is 2.42. The Morgan fingerprint density at radius 2 is 2.00 bits per heavy atom. The molecule has 0 amide bonds. The topological polar surface area (TPSA) is 75.1 Å². The Balaban J connectivity index is 2.03. The first-order valence-electron chi connectivity index (χ1n) is 6.11. The second-order valence-corrected chi connectivity index (χ2v) is 4.37. The number of esters is 1. The molecular formula is C13H15N3O2. The maximum atomic E-state index is 11.9. The third kappa shape index (κ3) is 3.02. The Hall–Kier alpha value is -2.00. The van der Waals surface area contributed by atoms with Crippen LogP contribution in [0.5, 0.6) is 0 Å². The summed E-state index contributed by atoms with van der Waals surface area (Å²) >= 11 is 0. The molecule has 94 valence electrons. The van der Waals surface area contributed by atoms with E-state index in [2.05, 4.69) is 10.0 Å². The maximum Gasteiger partial charge on any atom is 0.338 e. The van der Waals surface area contributed by atoms with Crippen molar-refractivity contribution in [3.8, 4) is 0 Å². The van der Waals surface area contributed by atoms with Crippen molar-refractivity contribution in [3.05, 3.63) is 46.3 Å². The van der Waals surface area contributed by atoms with Gasteiger partial charge in [-0.15, -0.1) is 0 Å². The Bertz CT molecular complexity index is 455. The number of benzene rings is 1. The van der Waals surface area contributed by atoms with Crippen molar-refractivity contribution in [2.75, 3.05) is 0 Å². The molecule has 1 fully saturated rings. The number of hydrogen-bond donors (Lipinski definition) is 0. The largest absolute Gasteiger partial charge is 0.458 e. The van der Waals surface area contributed by atoms with Crippen LogP contribution in [0.3, 0.4) is 0 Å². The molecule has 0 aliphatic heterocycles. The van der Waals surface area contributed by atoms with Gasteiger partial charge in [-0.25, -0.2) is 4.79 Å². The molecule has 1 saturated carbocycles. The SMILES string of the molecule is [N-]=[N+]=N[C@@H]1CCCC[C@H]1OC(=O)c1ccccc1. The molecule has 1 aliphatic carbocycles. The molecule has 0 radical (unpaired) electrons. The summed E-state index contributed by atoms with van der Waals surface area (Å²) in [7, 11) is 0. The monoisotopic (exact) mass is 245 g/mol. The van der Waals surface area contributed by atoms with Crippen molar-refractivity contribution in [2.24, 2.45) is 5.11 Å². The lowest BCUT2D eigenvalue weighted by atomic mass is 9.93. The van der Waals surface area contributed by atoms with Crippen molar-refractivity contribution in [2.45, 2.75) is 37.8 Å². The molecule has 2 rings (SSSR count). The Kier molecular flexibility index (Phi) is 4.20. The van der Waals surface area contributed by atoms with Gasteiger partial charge in [-0.3, -0.25) is 0 Å². The van der Waals surface area contributed by atoms with Crippen LogP contribution < -0.4 is 0 Å². The molecule has 0 heterocycles. The zero-order chi connectivity index (χ0) is 12.8. The third-order valence-corrected chi connectivity index (χ3v) is 3.14. The minimum atomic E-state index is -0.347. The number of hydrogen-bond acceptors (Lipinski definition) is 3. The van der Waals surface area contributed by atoms with Crippen LogP contribution >= 0.6 is 0 Å². The van der Waals surface area contributed by atoms with E-state index in [4.69, 9.17) is 10.3 Å². The fourth-order valence-electron chi connectivity index (χ4n) is 2.19. The van der Waals surface area contributed by atoms with Crippen LogP contribution in [-0.4, -0.2) is 18.1 Å². The quantitative estimate of drug-likeness (QED) is 0.354. The van der Waals surface area contributed by atoms with Crippen LogP contribution in [0, 0.1) is 0 Å². The summed E-state index contributed by atoms with van der Waals surface area (Å²) < 4.78 is 5.44. The molecule has 5 nitrogen and oxygen atoms in total. The highest BCUT2D eigenvalue weighted by Crippen LogP contribution is 2.24. The molecule has 1 aromatic carbocycles. The van der Waals surface area contributed by atoms with E-state index in [9.17, 15) is 4.79 Å². The molecule has 0 saturated heterocycles. The van der Waals surface area contributed by atoms with Gasteiger partial charge in [0.2, 0.25) is 0 Å². The lowest BCUT2D eigenvalue weighted by molar-refractivity contribution is 0.0152. The van der Waals surface area contributed by atoms with Crippen LogP contribution in [0.25, 0.3) is 10.4 Å². The van der Waals surface area contributed by atoms with E-state index in [-0.39, 0.29) is 18.1 Å². The molecule has 0 N–H and O–H groups in total. The summed E-state index contributed by atoms with van der Waals surface area (Å²) in [5.41, 5.74) is 9.04. The summed E-state index contributed by atoms with van der Waals surface area (Å²) in [4.78, 5) is 14.7. The Labute approximate surface area is 105 Å². The molecule has 18 heavy (non-hydrogen) atoms. The van der Waals surface area contributed by atoms with Gasteiger partial charge in [0.15, 0.2) is 0 Å². The lowest BCUT2D eigenvalue weighted by Crippen LogP contribution is -2.32. The van der Waals surface area contributed by atoms with Crippen molar-refractivity contribution in [1.29, 1.82) is 0 Å². The van der Waals surface area contributed by atoms with E-state index in [1.54, 1.807) is 24.3 Å². The van der Waals surface area contributed by atoms with Gasteiger partial charge in [0.05, 0.1) is 11.6 Å². The fraction of sp³-hybridized carbons (Fsp3) is 0.462. The van der Waals surface area contributed by atoms with E-state index >= 15 is 0 Å². The van der Waals surface area contributed by atoms with E-state index in [1.807, 2.05) is 6.07 Å². The number of rotatable bonds is 3. The summed E-state index contributed by atoms with van der Waals surface area (Å²) in [5.74, 6) is -0.347. The molecule has 0 aromatic heterocycles. The summed E-state index contributed by atoms with van der Waals surface area (Å²) in [6.45, 7) is 0. The lowest BCUT2D eigenvalue weighted by Gasteiger charge is -2.27.